The molecule has 2 N–H and O–H groups in total. The molecule has 2 rings (SSSR count). The molecule has 1 fully saturated rings. The minimum Gasteiger partial charge on any atom is -0.384 e. The molecule has 0 aromatic carbocycles. The van der Waals surface area contributed by atoms with Crippen molar-refractivity contribution in [1.82, 2.24) is 20.9 Å². The highest BCUT2D eigenvalue weighted by Crippen LogP contribution is 2.28. The van der Waals surface area contributed by atoms with Crippen molar-refractivity contribution < 1.29 is 22.7 Å². The lowest BCUT2D eigenvalue weighted by Gasteiger charge is -2.36. The smallest absolute Gasteiger partial charge is 0.384 e. The van der Waals surface area contributed by atoms with Crippen LogP contribution in [0.3, 0.4) is 0 Å². The zero-order chi connectivity index (χ0) is 21.7. The molecule has 0 radical (unpaired) electrons. The number of nitrogens with zero attached hydrogens (tertiary/aromatic N) is 2. The van der Waals surface area contributed by atoms with Gasteiger partial charge in [0, 0.05) is 51.5 Å². The largest absolute Gasteiger partial charge is 0.471 e. The van der Waals surface area contributed by atoms with E-state index in [0.29, 0.717) is 19.3 Å². The van der Waals surface area contributed by atoms with Crippen LogP contribution in [0.15, 0.2) is 23.4 Å². The highest BCUT2D eigenvalue weighted by atomic mass is 32.1. The van der Waals surface area contributed by atoms with Crippen LogP contribution in [0.2, 0.25) is 0 Å². The molecule has 0 aliphatic carbocycles. The first-order chi connectivity index (χ1) is 13.1. The Balaban J connectivity index is 0.000000688. The van der Waals surface area contributed by atoms with Gasteiger partial charge in [-0.25, -0.2) is 0 Å². The van der Waals surface area contributed by atoms with Crippen LogP contribution in [-0.2, 0) is 9.53 Å². The van der Waals surface area contributed by atoms with Crippen molar-refractivity contribution in [3.63, 3.8) is 0 Å². The number of hydrogen-bond acceptors (Lipinski definition) is 6. The molecule has 164 valence electrons. The van der Waals surface area contributed by atoms with Crippen LogP contribution in [0, 0.1) is 0 Å². The number of likely N-dealkylation sites (tertiary alicyclic amines) is 1. The molecule has 1 unspecified atom stereocenters. The minimum atomic E-state index is -4.79. The molecule has 0 aromatic rings. The molecular weight excluding hydrogens is 393 g/mol. The van der Waals surface area contributed by atoms with Crippen molar-refractivity contribution in [2.45, 2.75) is 58.2 Å². The quantitative estimate of drug-likeness (QED) is 0.587. The van der Waals surface area contributed by atoms with Crippen LogP contribution in [-0.4, -0.2) is 55.3 Å². The molecule has 2 aliphatic rings. The summed E-state index contributed by atoms with van der Waals surface area (Å²) in [7, 11) is 3.44. The van der Waals surface area contributed by atoms with Gasteiger partial charge < -0.3 is 15.1 Å². The summed E-state index contributed by atoms with van der Waals surface area (Å²) >= 11 is 3.96. The normalized spacial score (nSPS) is 18.9. The van der Waals surface area contributed by atoms with Gasteiger partial charge in [0.2, 0.25) is 0 Å². The molecule has 6 nitrogen and oxygen atoms in total. The maximum atomic E-state index is 12.5. The Morgan fingerprint density at radius 1 is 1.39 bits per heavy atom. The highest BCUT2D eigenvalue weighted by Gasteiger charge is 2.45. The van der Waals surface area contributed by atoms with Gasteiger partial charge in [-0.2, -0.15) is 13.2 Å². The average Bonchev–Trinajstić information content (AvgIpc) is 3.06. The fraction of sp³-hybridized carbons (Fsp3) is 0.722. The second-order valence-electron chi connectivity index (χ2n) is 6.16. The van der Waals surface area contributed by atoms with E-state index in [2.05, 4.69) is 30.2 Å². The SMILES string of the molecule is C=C(S)CCOC.CC.CN1C=C(CC2CCCCN2C(=O)C(F)(F)F)NN1. The standard InChI is InChI=1S/C11H17F3N4O.C5H10OS.C2H6/c1-17-7-8(15-16-17)6-9-4-2-3-5-18(9)10(19)11(12,13)14;1-5(7)3-4-6-2;1-2/h7,9,15-16H,2-6H2,1H3;7H,1,3-4H2,2H3;1-2H3. The number of rotatable bonds is 5. The average molecular weight is 427 g/mol. The zero-order valence-corrected chi connectivity index (χ0v) is 18.0. The Labute approximate surface area is 171 Å². The number of carbonyl (C=O) groups is 1. The maximum Gasteiger partial charge on any atom is 0.471 e. The fourth-order valence-corrected chi connectivity index (χ4v) is 2.77. The Morgan fingerprint density at radius 3 is 2.46 bits per heavy atom. The number of hydrazine groups is 2. The molecule has 0 bridgehead atoms. The third-order valence-electron chi connectivity index (χ3n) is 3.92. The van der Waals surface area contributed by atoms with E-state index in [9.17, 15) is 18.0 Å². The fourth-order valence-electron chi connectivity index (χ4n) is 2.68. The van der Waals surface area contributed by atoms with E-state index in [1.54, 1.807) is 25.4 Å². The van der Waals surface area contributed by atoms with Crippen molar-refractivity contribution in [3.05, 3.63) is 23.4 Å². The summed E-state index contributed by atoms with van der Waals surface area (Å²) < 4.78 is 42.4. The van der Waals surface area contributed by atoms with Crippen LogP contribution < -0.4 is 11.0 Å². The van der Waals surface area contributed by atoms with Gasteiger partial charge in [-0.05, 0) is 24.2 Å². The Hall–Kier alpha value is -1.39. The second kappa shape index (κ2) is 13.7. The van der Waals surface area contributed by atoms with Gasteiger partial charge in [0.15, 0.2) is 0 Å². The summed E-state index contributed by atoms with van der Waals surface area (Å²) in [5, 5.41) is 1.67. The van der Waals surface area contributed by atoms with Gasteiger partial charge >= 0.3 is 12.1 Å². The number of methoxy groups -OCH3 is 1. The molecule has 1 atom stereocenters. The van der Waals surface area contributed by atoms with Crippen molar-refractivity contribution in [3.8, 4) is 0 Å². The summed E-state index contributed by atoms with van der Waals surface area (Å²) in [6.07, 6.45) is 0.308. The van der Waals surface area contributed by atoms with E-state index in [-0.39, 0.29) is 6.54 Å². The van der Waals surface area contributed by atoms with Crippen molar-refractivity contribution in [1.29, 1.82) is 0 Å². The first-order valence-electron chi connectivity index (χ1n) is 9.33. The molecule has 10 heteroatoms. The summed E-state index contributed by atoms with van der Waals surface area (Å²) in [5.74, 6) is -1.72. The highest BCUT2D eigenvalue weighted by molar-refractivity contribution is 7.84. The molecule has 28 heavy (non-hydrogen) atoms. The molecule has 0 aromatic heterocycles. The third-order valence-corrected chi connectivity index (χ3v) is 4.15. The van der Waals surface area contributed by atoms with Gasteiger partial charge in [0.25, 0.3) is 0 Å². The van der Waals surface area contributed by atoms with E-state index < -0.39 is 18.1 Å². The number of nitrogens with one attached hydrogen (secondary N) is 2. The predicted molar refractivity (Wildman–Crippen MR) is 108 cm³/mol. The van der Waals surface area contributed by atoms with Gasteiger partial charge in [-0.1, -0.05) is 20.4 Å². The van der Waals surface area contributed by atoms with Crippen molar-refractivity contribution >= 4 is 18.5 Å². The van der Waals surface area contributed by atoms with Crippen LogP contribution in [0.4, 0.5) is 13.2 Å². The Bertz CT molecular complexity index is 516. The lowest BCUT2D eigenvalue weighted by atomic mass is 9.98. The van der Waals surface area contributed by atoms with E-state index in [1.165, 1.54) is 0 Å². The van der Waals surface area contributed by atoms with Gasteiger partial charge in [0.1, 0.15) is 0 Å². The number of piperidine rings is 1. The predicted octanol–water partition coefficient (Wildman–Crippen LogP) is 3.61. The number of hydrogen-bond donors (Lipinski definition) is 3. The van der Waals surface area contributed by atoms with Crippen LogP contribution in [0.1, 0.15) is 46.0 Å². The second-order valence-corrected chi connectivity index (χ2v) is 6.79. The number of amides is 1. The molecule has 2 heterocycles. The Morgan fingerprint density at radius 2 is 2.04 bits per heavy atom. The number of carbonyl (C=O) groups excluding carboxylic acids is 1. The maximum absolute atomic E-state index is 12.5. The molecule has 0 spiro atoms. The third kappa shape index (κ3) is 10.2. The number of alkyl halides is 3. The van der Waals surface area contributed by atoms with Crippen molar-refractivity contribution in [2.24, 2.45) is 0 Å². The molecule has 1 saturated heterocycles. The molecule has 0 saturated carbocycles. The van der Waals surface area contributed by atoms with Crippen LogP contribution in [0.25, 0.3) is 0 Å². The summed E-state index contributed by atoms with van der Waals surface area (Å²) in [6.45, 7) is 8.48. The van der Waals surface area contributed by atoms with Crippen LogP contribution >= 0.6 is 12.6 Å². The topological polar surface area (TPSA) is 56.8 Å². The van der Waals surface area contributed by atoms with Gasteiger partial charge in [0.05, 0.1) is 6.61 Å². The molecule has 2 aliphatic heterocycles. The van der Waals surface area contributed by atoms with Crippen molar-refractivity contribution in [2.75, 3.05) is 27.3 Å². The molecule has 1 amide bonds. The lowest BCUT2D eigenvalue weighted by molar-refractivity contribution is -0.189. The summed E-state index contributed by atoms with van der Waals surface area (Å²) in [4.78, 5) is 13.2. The van der Waals surface area contributed by atoms with Crippen LogP contribution in [0.5, 0.6) is 0 Å². The minimum absolute atomic E-state index is 0.180. The van der Waals surface area contributed by atoms with E-state index in [4.69, 9.17) is 4.74 Å². The summed E-state index contributed by atoms with van der Waals surface area (Å²) in [6, 6.07) is -0.394. The number of ether oxygens (including phenoxy) is 1. The van der Waals surface area contributed by atoms with E-state index >= 15 is 0 Å². The first kappa shape index (κ1) is 26.6. The number of halogens is 3. The first-order valence-corrected chi connectivity index (χ1v) is 9.78. The lowest BCUT2D eigenvalue weighted by Crippen LogP contribution is -2.50. The van der Waals surface area contributed by atoms with E-state index in [1.807, 2.05) is 13.8 Å². The number of thiol groups is 1. The molecular formula is C18H33F3N4O2S. The zero-order valence-electron chi connectivity index (χ0n) is 17.1. The Kier molecular flexibility index (Phi) is 13.0. The van der Waals surface area contributed by atoms with Gasteiger partial charge in [-0.3, -0.25) is 9.80 Å². The summed E-state index contributed by atoms with van der Waals surface area (Å²) in [5.41, 5.74) is 6.45. The van der Waals surface area contributed by atoms with E-state index in [0.717, 1.165) is 35.0 Å². The van der Waals surface area contributed by atoms with Gasteiger partial charge in [-0.15, -0.1) is 18.2 Å². The monoisotopic (exact) mass is 426 g/mol.